The van der Waals surface area contributed by atoms with E-state index in [-0.39, 0.29) is 0 Å². The van der Waals surface area contributed by atoms with Gasteiger partial charge in [0.05, 0.1) is 10.2 Å². The number of anilines is 2. The van der Waals surface area contributed by atoms with Gasteiger partial charge in [-0.3, -0.25) is 0 Å². The number of aryl methyl sites for hydroxylation is 2. The molecule has 0 atom stereocenters. The summed E-state index contributed by atoms with van der Waals surface area (Å²) in [5, 5.41) is 0. The predicted octanol–water partition coefficient (Wildman–Crippen LogP) is 15.2. The molecule has 48 heavy (non-hydrogen) atoms. The lowest BCUT2D eigenvalue weighted by Crippen LogP contribution is -2.21. The molecular weight excluding hydrogens is 621 g/mol. The molecular formula is C44H64N2S2. The van der Waals surface area contributed by atoms with Crippen molar-refractivity contribution in [2.75, 3.05) is 4.90 Å². The zero-order chi connectivity index (χ0) is 33.7. The monoisotopic (exact) mass is 684 g/mol. The molecule has 0 amide bonds. The second-order valence-corrected chi connectivity index (χ2v) is 15.7. The lowest BCUT2D eigenvalue weighted by molar-refractivity contribution is 0.556. The average Bonchev–Trinajstić information content (AvgIpc) is 3.43. The first kappa shape index (κ1) is 38.4. The van der Waals surface area contributed by atoms with Crippen LogP contribution in [0.5, 0.6) is 0 Å². The van der Waals surface area contributed by atoms with Crippen molar-refractivity contribution in [1.29, 1.82) is 0 Å². The fraction of sp³-hybridized carbons (Fsp3) is 0.568. The summed E-state index contributed by atoms with van der Waals surface area (Å²) in [6.07, 6.45) is 30.0. The van der Waals surface area contributed by atoms with Crippen molar-refractivity contribution >= 4 is 45.1 Å². The lowest BCUT2D eigenvalue weighted by atomic mass is 10.0. The van der Waals surface area contributed by atoms with Crippen molar-refractivity contribution < 1.29 is 0 Å². The molecule has 0 N–H and O–H groups in total. The molecule has 0 bridgehead atoms. The topological polar surface area (TPSA) is 8.17 Å². The first-order chi connectivity index (χ1) is 23.7. The van der Waals surface area contributed by atoms with E-state index in [0.29, 0.717) is 6.67 Å². The lowest BCUT2D eigenvalue weighted by Gasteiger charge is -2.26. The Bertz CT molecular complexity index is 1380. The van der Waals surface area contributed by atoms with E-state index in [1.54, 1.807) is 11.3 Å². The van der Waals surface area contributed by atoms with Crippen LogP contribution in [0.2, 0.25) is 0 Å². The summed E-state index contributed by atoms with van der Waals surface area (Å²) in [5.41, 5.74) is 6.56. The number of hydrogen-bond donors (Lipinski definition) is 0. The molecule has 0 saturated heterocycles. The standard InChI is InChI=1S/C44H64N2S2/c1-3-5-7-9-11-13-15-17-19-21-25-38-29-33-40(34-30-38)45(37-46-42-27-23-24-28-43(42)48-44(46)47)41-35-31-39(32-36-41)26-22-20-18-16-14-12-10-8-6-4-2/h23-24,27-36H,3-22,25-26,37H2,1-2H3. The van der Waals surface area contributed by atoms with Gasteiger partial charge in [0.2, 0.25) is 0 Å². The van der Waals surface area contributed by atoms with Crippen molar-refractivity contribution in [3.63, 3.8) is 0 Å². The smallest absolute Gasteiger partial charge is 0.163 e. The van der Waals surface area contributed by atoms with Gasteiger partial charge in [0.1, 0.15) is 6.67 Å². The van der Waals surface area contributed by atoms with E-state index in [0.717, 1.165) is 3.95 Å². The molecule has 0 saturated carbocycles. The van der Waals surface area contributed by atoms with Crippen molar-refractivity contribution in [1.82, 2.24) is 4.57 Å². The van der Waals surface area contributed by atoms with Gasteiger partial charge in [0, 0.05) is 11.4 Å². The van der Waals surface area contributed by atoms with Gasteiger partial charge in [-0.1, -0.05) is 166 Å². The Kier molecular flexibility index (Phi) is 18.4. The van der Waals surface area contributed by atoms with Gasteiger partial charge in [0.15, 0.2) is 3.95 Å². The number of para-hydroxylation sites is 1. The molecule has 1 aromatic heterocycles. The summed E-state index contributed by atoms with van der Waals surface area (Å²) < 4.78 is 4.47. The first-order valence-electron chi connectivity index (χ1n) is 19.7. The molecule has 0 aliphatic rings. The highest BCUT2D eigenvalue weighted by Gasteiger charge is 2.14. The van der Waals surface area contributed by atoms with Crippen molar-refractivity contribution in [2.24, 2.45) is 0 Å². The summed E-state index contributed by atoms with van der Waals surface area (Å²) in [5.74, 6) is 0. The van der Waals surface area contributed by atoms with Crippen LogP contribution in [0.4, 0.5) is 11.4 Å². The van der Waals surface area contributed by atoms with E-state index >= 15 is 0 Å². The van der Waals surface area contributed by atoms with E-state index < -0.39 is 0 Å². The van der Waals surface area contributed by atoms with Crippen LogP contribution < -0.4 is 4.90 Å². The summed E-state index contributed by atoms with van der Waals surface area (Å²) in [7, 11) is 0. The van der Waals surface area contributed by atoms with Crippen LogP contribution in [0, 0.1) is 3.95 Å². The maximum atomic E-state index is 5.89. The molecule has 4 aromatic rings. The minimum atomic E-state index is 0.707. The van der Waals surface area contributed by atoms with Gasteiger partial charge in [-0.2, -0.15) is 0 Å². The van der Waals surface area contributed by atoms with E-state index in [4.69, 9.17) is 12.2 Å². The maximum absolute atomic E-state index is 5.89. The Morgan fingerprint density at radius 2 is 0.896 bits per heavy atom. The summed E-state index contributed by atoms with van der Waals surface area (Å²) in [4.78, 5) is 2.43. The molecule has 0 fully saturated rings. The molecule has 0 unspecified atom stereocenters. The largest absolute Gasteiger partial charge is 0.323 e. The number of rotatable bonds is 26. The highest BCUT2D eigenvalue weighted by molar-refractivity contribution is 7.73. The maximum Gasteiger partial charge on any atom is 0.163 e. The quantitative estimate of drug-likeness (QED) is 0.0480. The third-order valence-corrected chi connectivity index (χ3v) is 11.4. The average molecular weight is 685 g/mol. The summed E-state index contributed by atoms with van der Waals surface area (Å²) >= 11 is 7.59. The van der Waals surface area contributed by atoms with E-state index in [2.05, 4.69) is 96.1 Å². The molecule has 0 aliphatic heterocycles. The van der Waals surface area contributed by atoms with Crippen molar-refractivity contribution in [2.45, 2.75) is 162 Å². The Balaban J connectivity index is 1.31. The molecule has 3 aromatic carbocycles. The van der Waals surface area contributed by atoms with Gasteiger partial charge in [-0.05, 0) is 85.4 Å². The molecule has 2 nitrogen and oxygen atoms in total. The fourth-order valence-corrected chi connectivity index (χ4v) is 8.23. The zero-order valence-corrected chi connectivity index (χ0v) is 32.0. The molecule has 0 spiro atoms. The third-order valence-electron chi connectivity index (χ3n) is 9.99. The molecule has 262 valence electrons. The third kappa shape index (κ3) is 13.5. The number of nitrogens with zero attached hydrogens (tertiary/aromatic N) is 2. The minimum Gasteiger partial charge on any atom is -0.323 e. The first-order valence-corrected chi connectivity index (χ1v) is 21.0. The Hall–Kier alpha value is -2.43. The molecule has 4 heteroatoms. The van der Waals surface area contributed by atoms with Gasteiger partial charge < -0.3 is 9.47 Å². The number of benzene rings is 3. The normalized spacial score (nSPS) is 11.5. The molecule has 1 heterocycles. The second kappa shape index (κ2) is 23.1. The Labute approximate surface area is 303 Å². The molecule has 0 radical (unpaired) electrons. The van der Waals surface area contributed by atoms with E-state index in [9.17, 15) is 0 Å². The van der Waals surface area contributed by atoms with Crippen molar-refractivity contribution in [3.8, 4) is 0 Å². The van der Waals surface area contributed by atoms with Gasteiger partial charge in [-0.15, -0.1) is 11.3 Å². The molecule has 4 rings (SSSR count). The van der Waals surface area contributed by atoms with Crippen LogP contribution >= 0.6 is 23.6 Å². The van der Waals surface area contributed by atoms with Crippen LogP contribution in [-0.2, 0) is 19.5 Å². The summed E-state index contributed by atoms with van der Waals surface area (Å²) in [6, 6.07) is 27.3. The number of hydrogen-bond acceptors (Lipinski definition) is 3. The van der Waals surface area contributed by atoms with Crippen LogP contribution in [0.3, 0.4) is 0 Å². The van der Waals surface area contributed by atoms with Crippen molar-refractivity contribution in [3.05, 3.63) is 87.9 Å². The second-order valence-electron chi connectivity index (χ2n) is 14.0. The van der Waals surface area contributed by atoms with Crippen LogP contribution in [0.25, 0.3) is 10.2 Å². The van der Waals surface area contributed by atoms with Crippen LogP contribution in [0.15, 0.2) is 72.8 Å². The van der Waals surface area contributed by atoms with Crippen LogP contribution in [0.1, 0.15) is 153 Å². The highest BCUT2D eigenvalue weighted by Crippen LogP contribution is 2.31. The predicted molar refractivity (Wildman–Crippen MR) is 217 cm³/mol. The Morgan fingerprint density at radius 3 is 1.33 bits per heavy atom. The highest BCUT2D eigenvalue weighted by atomic mass is 32.1. The van der Waals surface area contributed by atoms with Crippen LogP contribution in [-0.4, -0.2) is 4.57 Å². The molecule has 0 aliphatic carbocycles. The number of unbranched alkanes of at least 4 members (excludes halogenated alkanes) is 18. The van der Waals surface area contributed by atoms with Gasteiger partial charge in [-0.25, -0.2) is 0 Å². The summed E-state index contributed by atoms with van der Waals surface area (Å²) in [6.45, 7) is 5.30. The van der Waals surface area contributed by atoms with Gasteiger partial charge >= 0.3 is 0 Å². The van der Waals surface area contributed by atoms with E-state index in [1.165, 1.54) is 174 Å². The number of fused-ring (bicyclic) bond motifs is 1. The fourth-order valence-electron chi connectivity index (χ4n) is 6.92. The minimum absolute atomic E-state index is 0.707. The number of aromatic nitrogens is 1. The van der Waals surface area contributed by atoms with Gasteiger partial charge in [0.25, 0.3) is 0 Å². The van der Waals surface area contributed by atoms with E-state index in [1.807, 2.05) is 0 Å². The SMILES string of the molecule is CCCCCCCCCCCCc1ccc(N(Cn2c(=S)sc3ccccc32)c2ccc(CCCCCCCCCCCC)cc2)cc1. The Morgan fingerprint density at radius 1 is 0.500 bits per heavy atom. The zero-order valence-electron chi connectivity index (χ0n) is 30.4. The number of thiazole rings is 1.